The molecular formula is C3H3ClF2OS. The molecular weight excluding hydrogens is 158 g/mol. The molecule has 0 aromatic rings. The highest BCUT2D eigenvalue weighted by Crippen LogP contribution is 2.13. The zero-order valence-electron chi connectivity index (χ0n) is 3.73. The third kappa shape index (κ3) is 6.17. The monoisotopic (exact) mass is 160 g/mol. The van der Waals surface area contributed by atoms with Crippen molar-refractivity contribution in [3.05, 3.63) is 0 Å². The Bertz CT molecular complexity index is 87.4. The number of hydrogen-bond acceptors (Lipinski definition) is 2. The summed E-state index contributed by atoms with van der Waals surface area (Å²) < 4.78 is 22.3. The van der Waals surface area contributed by atoms with Crippen LogP contribution in [0, 0.1) is 0 Å². The number of thioether (sulfide) groups is 1. The average molecular weight is 161 g/mol. The lowest BCUT2D eigenvalue weighted by Gasteiger charge is -1.90. The fraction of sp³-hybridized carbons (Fsp3) is 0.667. The maximum absolute atomic E-state index is 11.1. The molecule has 0 atom stereocenters. The molecule has 0 aliphatic rings. The van der Waals surface area contributed by atoms with Gasteiger partial charge in [0.2, 0.25) is 5.24 Å². The first-order valence-electron chi connectivity index (χ1n) is 1.71. The summed E-state index contributed by atoms with van der Waals surface area (Å²) in [7, 11) is 0. The highest BCUT2D eigenvalue weighted by atomic mass is 35.5. The molecule has 0 spiro atoms. The van der Waals surface area contributed by atoms with Crippen molar-refractivity contribution >= 4 is 28.6 Å². The maximum atomic E-state index is 11.1. The minimum atomic E-state index is -2.50. The topological polar surface area (TPSA) is 17.1 Å². The summed E-state index contributed by atoms with van der Waals surface area (Å²) in [5.74, 6) is -2.82. The van der Waals surface area contributed by atoms with Gasteiger partial charge < -0.3 is 0 Å². The third-order valence-electron chi connectivity index (χ3n) is 0.323. The van der Waals surface area contributed by atoms with Crippen LogP contribution in [0.1, 0.15) is 0 Å². The molecule has 0 aliphatic heterocycles. The standard InChI is InChI=1S/C3H3ClF2OS/c4-2(7)1-8-3(5)6/h3H,1H2. The molecule has 0 heterocycles. The molecule has 48 valence electrons. The first-order valence-corrected chi connectivity index (χ1v) is 3.13. The van der Waals surface area contributed by atoms with Gasteiger partial charge in [0.05, 0.1) is 5.75 Å². The Kier molecular flexibility index (Phi) is 4.18. The van der Waals surface area contributed by atoms with Gasteiger partial charge >= 0.3 is 0 Å². The van der Waals surface area contributed by atoms with E-state index in [1.165, 1.54) is 0 Å². The first-order chi connectivity index (χ1) is 3.63. The SMILES string of the molecule is O=C(Cl)CSC(F)F. The minimum Gasteiger partial charge on any atom is -0.280 e. The molecule has 0 aliphatic carbocycles. The van der Waals surface area contributed by atoms with Gasteiger partial charge in [-0.15, -0.1) is 0 Å². The van der Waals surface area contributed by atoms with Gasteiger partial charge in [-0.1, -0.05) is 11.8 Å². The van der Waals surface area contributed by atoms with E-state index in [2.05, 4.69) is 0 Å². The second-order valence-electron chi connectivity index (χ2n) is 0.927. The fourth-order valence-electron chi connectivity index (χ4n) is 0.129. The van der Waals surface area contributed by atoms with E-state index in [-0.39, 0.29) is 17.5 Å². The van der Waals surface area contributed by atoms with Gasteiger partial charge in [0.25, 0.3) is 5.76 Å². The van der Waals surface area contributed by atoms with Crippen LogP contribution < -0.4 is 0 Å². The van der Waals surface area contributed by atoms with Gasteiger partial charge in [-0.25, -0.2) is 0 Å². The van der Waals surface area contributed by atoms with E-state index in [4.69, 9.17) is 11.6 Å². The van der Waals surface area contributed by atoms with Crippen molar-refractivity contribution in [1.29, 1.82) is 0 Å². The van der Waals surface area contributed by atoms with E-state index in [0.29, 0.717) is 0 Å². The summed E-state index contributed by atoms with van der Waals surface area (Å²) in [6.45, 7) is 0. The molecule has 0 rings (SSSR count). The van der Waals surface area contributed by atoms with E-state index < -0.39 is 11.0 Å². The quantitative estimate of drug-likeness (QED) is 0.585. The average Bonchev–Trinajstić information content (AvgIpc) is 1.61. The Morgan fingerprint density at radius 3 is 2.38 bits per heavy atom. The minimum absolute atomic E-state index is 0.225. The zero-order valence-corrected chi connectivity index (χ0v) is 5.31. The Morgan fingerprint density at radius 2 is 2.25 bits per heavy atom. The van der Waals surface area contributed by atoms with Crippen molar-refractivity contribution in [1.82, 2.24) is 0 Å². The lowest BCUT2D eigenvalue weighted by Crippen LogP contribution is -1.92. The van der Waals surface area contributed by atoms with Crippen molar-refractivity contribution in [2.75, 3.05) is 5.75 Å². The Labute approximate surface area is 54.4 Å². The van der Waals surface area contributed by atoms with Crippen molar-refractivity contribution < 1.29 is 13.6 Å². The van der Waals surface area contributed by atoms with Crippen LogP contribution in [0.4, 0.5) is 8.78 Å². The molecule has 0 saturated heterocycles. The lowest BCUT2D eigenvalue weighted by atomic mass is 10.9. The number of halogens is 3. The summed E-state index contributed by atoms with van der Waals surface area (Å²) in [5, 5.41) is -0.740. The van der Waals surface area contributed by atoms with Crippen LogP contribution in [-0.4, -0.2) is 16.8 Å². The highest BCUT2D eigenvalue weighted by molar-refractivity contribution is 8.00. The molecule has 5 heteroatoms. The van der Waals surface area contributed by atoms with Crippen molar-refractivity contribution in [3.63, 3.8) is 0 Å². The predicted octanol–water partition coefficient (Wildman–Crippen LogP) is 1.71. The zero-order chi connectivity index (χ0) is 6.57. The van der Waals surface area contributed by atoms with Crippen LogP contribution in [0.2, 0.25) is 0 Å². The number of carbonyl (C=O) groups is 1. The first kappa shape index (κ1) is 8.17. The van der Waals surface area contributed by atoms with E-state index in [0.717, 1.165) is 0 Å². The lowest BCUT2D eigenvalue weighted by molar-refractivity contribution is -0.109. The van der Waals surface area contributed by atoms with E-state index in [1.54, 1.807) is 0 Å². The van der Waals surface area contributed by atoms with E-state index in [1.807, 2.05) is 0 Å². The molecule has 0 aromatic heterocycles. The summed E-state index contributed by atoms with van der Waals surface area (Å²) in [4.78, 5) is 9.76. The number of carbonyl (C=O) groups excluding carboxylic acids is 1. The van der Waals surface area contributed by atoms with Gasteiger partial charge in [0, 0.05) is 0 Å². The summed E-state index contributed by atoms with van der Waals surface area (Å²) >= 11 is 4.95. The molecule has 1 nitrogen and oxygen atoms in total. The maximum Gasteiger partial charge on any atom is 0.285 e. The predicted molar refractivity (Wildman–Crippen MR) is 29.3 cm³/mol. The molecule has 0 bridgehead atoms. The summed E-state index contributed by atoms with van der Waals surface area (Å²) in [6, 6.07) is 0. The van der Waals surface area contributed by atoms with Crippen LogP contribution >= 0.6 is 23.4 Å². The van der Waals surface area contributed by atoms with Crippen molar-refractivity contribution in [3.8, 4) is 0 Å². The molecule has 0 radical (unpaired) electrons. The van der Waals surface area contributed by atoms with E-state index >= 15 is 0 Å². The smallest absolute Gasteiger partial charge is 0.280 e. The van der Waals surface area contributed by atoms with Crippen LogP contribution in [0.3, 0.4) is 0 Å². The van der Waals surface area contributed by atoms with Crippen LogP contribution in [0.15, 0.2) is 0 Å². The Balaban J connectivity index is 3.05. The number of rotatable bonds is 3. The molecule has 8 heavy (non-hydrogen) atoms. The van der Waals surface area contributed by atoms with Crippen LogP contribution in [0.5, 0.6) is 0 Å². The van der Waals surface area contributed by atoms with E-state index in [9.17, 15) is 13.6 Å². The van der Waals surface area contributed by atoms with Gasteiger partial charge in [0.15, 0.2) is 0 Å². The fourth-order valence-corrected chi connectivity index (χ4v) is 0.575. The summed E-state index contributed by atoms with van der Waals surface area (Å²) in [5.41, 5.74) is 0. The molecule has 0 amide bonds. The van der Waals surface area contributed by atoms with Gasteiger partial charge in [-0.2, -0.15) is 8.78 Å². The second kappa shape index (κ2) is 4.09. The molecule has 0 unspecified atom stereocenters. The third-order valence-corrected chi connectivity index (χ3v) is 1.30. The summed E-state index contributed by atoms with van der Waals surface area (Å²) in [6.07, 6.45) is 0. The number of hydrogen-bond donors (Lipinski definition) is 0. The second-order valence-corrected chi connectivity index (χ2v) is 2.33. The largest absolute Gasteiger partial charge is 0.285 e. The van der Waals surface area contributed by atoms with Gasteiger partial charge in [0.1, 0.15) is 0 Å². The molecule has 0 saturated carbocycles. The van der Waals surface area contributed by atoms with Gasteiger partial charge in [-0.05, 0) is 11.6 Å². The van der Waals surface area contributed by atoms with Crippen molar-refractivity contribution in [2.45, 2.75) is 5.76 Å². The molecule has 0 aromatic carbocycles. The Hall–Kier alpha value is 0.170. The number of alkyl halides is 2. The van der Waals surface area contributed by atoms with Crippen LogP contribution in [0.25, 0.3) is 0 Å². The van der Waals surface area contributed by atoms with Crippen LogP contribution in [-0.2, 0) is 4.79 Å². The molecule has 0 fully saturated rings. The Morgan fingerprint density at radius 1 is 1.75 bits per heavy atom. The highest BCUT2D eigenvalue weighted by Gasteiger charge is 2.04. The van der Waals surface area contributed by atoms with Gasteiger partial charge in [-0.3, -0.25) is 4.79 Å². The van der Waals surface area contributed by atoms with Crippen molar-refractivity contribution in [2.24, 2.45) is 0 Å². The normalized spacial score (nSPS) is 10.0. The molecule has 0 N–H and O–H groups in total.